The van der Waals surface area contributed by atoms with Gasteiger partial charge >= 0.3 is 0 Å². The molecule has 0 aliphatic carbocycles. The Labute approximate surface area is 99.6 Å². The van der Waals surface area contributed by atoms with Gasteiger partial charge in [0.15, 0.2) is 0 Å². The molecule has 5 nitrogen and oxygen atoms in total. The number of carbonyl (C=O) groups is 2. The monoisotopic (exact) mass is 233 g/mol. The molecule has 1 aromatic rings. The van der Waals surface area contributed by atoms with Gasteiger partial charge in [-0.3, -0.25) is 14.6 Å². The van der Waals surface area contributed by atoms with Crippen molar-refractivity contribution in [2.24, 2.45) is 11.7 Å². The number of nitrogens with two attached hydrogens (primary N) is 1. The van der Waals surface area contributed by atoms with Crippen LogP contribution in [0.4, 0.5) is 0 Å². The number of likely N-dealkylation sites (tertiary alicyclic amines) is 1. The van der Waals surface area contributed by atoms with E-state index < -0.39 is 0 Å². The molecule has 0 radical (unpaired) electrons. The zero-order valence-corrected chi connectivity index (χ0v) is 9.50. The molecule has 0 saturated carbocycles. The average Bonchev–Trinajstić information content (AvgIpc) is 2.39. The zero-order chi connectivity index (χ0) is 12.3. The number of carbonyl (C=O) groups excluding carboxylic acids is 2. The molecular weight excluding hydrogens is 218 g/mol. The van der Waals surface area contributed by atoms with E-state index in [1.54, 1.807) is 29.3 Å². The standard InChI is InChI=1S/C12H15N3O2/c13-11(16)9-4-3-7-15(8-9)12(17)10-5-1-2-6-14-10/h1-2,5-6,9H,3-4,7-8H2,(H2,13,16). The highest BCUT2D eigenvalue weighted by Crippen LogP contribution is 2.17. The summed E-state index contributed by atoms with van der Waals surface area (Å²) in [5, 5.41) is 0. The van der Waals surface area contributed by atoms with E-state index in [4.69, 9.17) is 5.73 Å². The molecule has 17 heavy (non-hydrogen) atoms. The number of piperidine rings is 1. The lowest BCUT2D eigenvalue weighted by Gasteiger charge is -2.30. The molecule has 0 bridgehead atoms. The average molecular weight is 233 g/mol. The first kappa shape index (κ1) is 11.6. The number of primary amides is 1. The summed E-state index contributed by atoms with van der Waals surface area (Å²) in [6.07, 6.45) is 3.16. The van der Waals surface area contributed by atoms with E-state index in [-0.39, 0.29) is 17.7 Å². The molecule has 1 unspecified atom stereocenters. The lowest BCUT2D eigenvalue weighted by molar-refractivity contribution is -0.123. The van der Waals surface area contributed by atoms with Crippen LogP contribution in [0.15, 0.2) is 24.4 Å². The fourth-order valence-corrected chi connectivity index (χ4v) is 2.05. The maximum absolute atomic E-state index is 12.1. The van der Waals surface area contributed by atoms with Crippen molar-refractivity contribution in [3.63, 3.8) is 0 Å². The van der Waals surface area contributed by atoms with E-state index in [9.17, 15) is 9.59 Å². The highest BCUT2D eigenvalue weighted by atomic mass is 16.2. The summed E-state index contributed by atoms with van der Waals surface area (Å²) >= 11 is 0. The number of nitrogens with zero attached hydrogens (tertiary/aromatic N) is 2. The summed E-state index contributed by atoms with van der Waals surface area (Å²) in [4.78, 5) is 28.9. The minimum absolute atomic E-state index is 0.128. The molecule has 1 saturated heterocycles. The van der Waals surface area contributed by atoms with Crippen LogP contribution < -0.4 is 5.73 Å². The smallest absolute Gasteiger partial charge is 0.272 e. The van der Waals surface area contributed by atoms with Gasteiger partial charge in [-0.1, -0.05) is 6.07 Å². The van der Waals surface area contributed by atoms with Crippen LogP contribution in [-0.2, 0) is 4.79 Å². The number of aromatic nitrogens is 1. The summed E-state index contributed by atoms with van der Waals surface area (Å²) < 4.78 is 0. The van der Waals surface area contributed by atoms with Gasteiger partial charge in [-0.2, -0.15) is 0 Å². The van der Waals surface area contributed by atoms with Gasteiger partial charge in [-0.05, 0) is 25.0 Å². The predicted molar refractivity (Wildman–Crippen MR) is 62.1 cm³/mol. The number of amides is 2. The van der Waals surface area contributed by atoms with Gasteiger partial charge in [0.05, 0.1) is 5.92 Å². The first-order chi connectivity index (χ1) is 8.18. The molecular formula is C12H15N3O2. The third-order valence-corrected chi connectivity index (χ3v) is 2.99. The second kappa shape index (κ2) is 4.95. The van der Waals surface area contributed by atoms with Crippen molar-refractivity contribution >= 4 is 11.8 Å². The summed E-state index contributed by atoms with van der Waals surface area (Å²) in [7, 11) is 0. The molecule has 2 amide bonds. The van der Waals surface area contributed by atoms with Crippen LogP contribution in [0.3, 0.4) is 0 Å². The van der Waals surface area contributed by atoms with Gasteiger partial charge in [0, 0.05) is 19.3 Å². The topological polar surface area (TPSA) is 76.3 Å². The summed E-state index contributed by atoms with van der Waals surface area (Å²) in [6, 6.07) is 5.21. The maximum atomic E-state index is 12.1. The van der Waals surface area contributed by atoms with Gasteiger partial charge in [-0.25, -0.2) is 0 Å². The van der Waals surface area contributed by atoms with Crippen LogP contribution in [-0.4, -0.2) is 34.8 Å². The highest BCUT2D eigenvalue weighted by molar-refractivity contribution is 5.92. The Hall–Kier alpha value is -1.91. The molecule has 1 fully saturated rings. The summed E-state index contributed by atoms with van der Waals surface area (Å²) in [5.74, 6) is -0.684. The van der Waals surface area contributed by atoms with Crippen LogP contribution in [0.5, 0.6) is 0 Å². The summed E-state index contributed by atoms with van der Waals surface area (Å²) in [5.41, 5.74) is 5.69. The van der Waals surface area contributed by atoms with E-state index in [1.165, 1.54) is 0 Å². The molecule has 5 heteroatoms. The lowest BCUT2D eigenvalue weighted by atomic mass is 9.97. The zero-order valence-electron chi connectivity index (χ0n) is 9.50. The van der Waals surface area contributed by atoms with E-state index in [1.807, 2.05) is 0 Å². The summed E-state index contributed by atoms with van der Waals surface area (Å²) in [6.45, 7) is 1.07. The van der Waals surface area contributed by atoms with Gasteiger partial charge in [0.25, 0.3) is 5.91 Å². The van der Waals surface area contributed by atoms with E-state index in [0.717, 1.165) is 12.8 Å². The van der Waals surface area contributed by atoms with Crippen LogP contribution in [0, 0.1) is 5.92 Å². The molecule has 2 heterocycles. The Balaban J connectivity index is 2.07. The SMILES string of the molecule is NC(=O)C1CCCN(C(=O)c2ccccn2)C1. The quantitative estimate of drug-likeness (QED) is 0.804. The fraction of sp³-hybridized carbons (Fsp3) is 0.417. The number of pyridine rings is 1. The Kier molecular flexibility index (Phi) is 3.37. The minimum Gasteiger partial charge on any atom is -0.369 e. The van der Waals surface area contributed by atoms with E-state index in [0.29, 0.717) is 18.8 Å². The molecule has 90 valence electrons. The molecule has 0 aromatic carbocycles. The largest absolute Gasteiger partial charge is 0.369 e. The first-order valence-electron chi connectivity index (χ1n) is 5.68. The minimum atomic E-state index is -0.330. The van der Waals surface area contributed by atoms with Gasteiger partial charge in [0.1, 0.15) is 5.69 Å². The highest BCUT2D eigenvalue weighted by Gasteiger charge is 2.27. The van der Waals surface area contributed by atoms with E-state index >= 15 is 0 Å². The molecule has 1 aliphatic rings. The van der Waals surface area contributed by atoms with Gasteiger partial charge in [-0.15, -0.1) is 0 Å². The Morgan fingerprint density at radius 3 is 2.88 bits per heavy atom. The van der Waals surface area contributed by atoms with Crippen molar-refractivity contribution in [2.75, 3.05) is 13.1 Å². The van der Waals surface area contributed by atoms with Crippen molar-refractivity contribution in [1.29, 1.82) is 0 Å². The van der Waals surface area contributed by atoms with Gasteiger partial charge < -0.3 is 10.6 Å². The van der Waals surface area contributed by atoms with Crippen LogP contribution in [0.25, 0.3) is 0 Å². The number of hydrogen-bond acceptors (Lipinski definition) is 3. The molecule has 2 rings (SSSR count). The predicted octanol–water partition coefficient (Wildman–Crippen LogP) is 0.419. The molecule has 2 N–H and O–H groups in total. The van der Waals surface area contributed by atoms with Crippen LogP contribution >= 0.6 is 0 Å². The molecule has 1 aromatic heterocycles. The Bertz CT molecular complexity index is 419. The number of hydrogen-bond donors (Lipinski definition) is 1. The molecule has 1 atom stereocenters. The first-order valence-corrected chi connectivity index (χ1v) is 5.68. The molecule has 1 aliphatic heterocycles. The van der Waals surface area contributed by atoms with Crippen molar-refractivity contribution in [2.45, 2.75) is 12.8 Å². The fourth-order valence-electron chi connectivity index (χ4n) is 2.05. The Morgan fingerprint density at radius 1 is 1.41 bits per heavy atom. The third-order valence-electron chi connectivity index (χ3n) is 2.99. The Morgan fingerprint density at radius 2 is 2.24 bits per heavy atom. The second-order valence-electron chi connectivity index (χ2n) is 4.21. The lowest BCUT2D eigenvalue weighted by Crippen LogP contribution is -2.44. The molecule has 0 spiro atoms. The van der Waals surface area contributed by atoms with Crippen molar-refractivity contribution in [3.05, 3.63) is 30.1 Å². The van der Waals surface area contributed by atoms with Crippen LogP contribution in [0.2, 0.25) is 0 Å². The third kappa shape index (κ3) is 2.61. The van der Waals surface area contributed by atoms with Crippen molar-refractivity contribution in [3.8, 4) is 0 Å². The van der Waals surface area contributed by atoms with Crippen LogP contribution in [0.1, 0.15) is 23.3 Å². The number of rotatable bonds is 2. The second-order valence-corrected chi connectivity index (χ2v) is 4.21. The van der Waals surface area contributed by atoms with E-state index in [2.05, 4.69) is 4.98 Å². The normalized spacial score (nSPS) is 20.0. The maximum Gasteiger partial charge on any atom is 0.272 e. The van der Waals surface area contributed by atoms with Crippen molar-refractivity contribution in [1.82, 2.24) is 9.88 Å². The van der Waals surface area contributed by atoms with Gasteiger partial charge in [0.2, 0.25) is 5.91 Å². The van der Waals surface area contributed by atoms with Crippen molar-refractivity contribution < 1.29 is 9.59 Å².